The van der Waals surface area contributed by atoms with E-state index in [-0.39, 0.29) is 36.6 Å². The largest absolute Gasteiger partial charge is 0.454 e. The molecule has 2 aromatic carbocycles. The van der Waals surface area contributed by atoms with Crippen molar-refractivity contribution in [3.8, 4) is 22.6 Å². The van der Waals surface area contributed by atoms with Gasteiger partial charge >= 0.3 is 0 Å². The van der Waals surface area contributed by atoms with Crippen molar-refractivity contribution in [2.45, 2.75) is 70.1 Å². The number of fused-ring (bicyclic) bond motifs is 4. The summed E-state index contributed by atoms with van der Waals surface area (Å²) in [5.74, 6) is 2.09. The van der Waals surface area contributed by atoms with Gasteiger partial charge in [0.25, 0.3) is 0 Å². The van der Waals surface area contributed by atoms with Crippen LogP contribution < -0.4 is 9.47 Å². The molecule has 1 amide bonds. The molecule has 4 atom stereocenters. The van der Waals surface area contributed by atoms with E-state index in [9.17, 15) is 9.90 Å². The number of amides is 1. The molecule has 4 aliphatic rings. The Morgan fingerprint density at radius 1 is 1.06 bits per heavy atom. The lowest BCUT2D eigenvalue weighted by atomic mass is 9.77. The molecular formula is C30H38N2O4. The standard InChI is InChI=1S/C30H38N2O4/c1-19(33)25-17-32-13-12-20-8-9-22(23-10-11-28-29(15-23)36-18-35-28)14-24(20)27(32)16-26(25)31(2)30(34)21-6-4-3-5-7-21/h8-11,14-15,19,21,25-27,33H,3-7,12-13,16-18H2,1-2H3/t19-,25-,26-,27-/m0/s1. The zero-order chi connectivity index (χ0) is 24.8. The Bertz CT molecular complexity index is 1130. The maximum Gasteiger partial charge on any atom is 0.231 e. The molecule has 3 heterocycles. The first kappa shape index (κ1) is 23.8. The van der Waals surface area contributed by atoms with E-state index in [1.807, 2.05) is 24.9 Å². The van der Waals surface area contributed by atoms with Crippen LogP contribution in [0.15, 0.2) is 36.4 Å². The van der Waals surface area contributed by atoms with E-state index in [1.54, 1.807) is 0 Å². The summed E-state index contributed by atoms with van der Waals surface area (Å²) in [6.45, 7) is 3.99. The number of aliphatic hydroxyl groups is 1. The number of hydrogen-bond acceptors (Lipinski definition) is 5. The van der Waals surface area contributed by atoms with Crippen molar-refractivity contribution >= 4 is 5.91 Å². The van der Waals surface area contributed by atoms with Crippen molar-refractivity contribution in [3.05, 3.63) is 47.5 Å². The highest BCUT2D eigenvalue weighted by Gasteiger charge is 2.44. The number of piperidine rings is 1. The first-order chi connectivity index (χ1) is 17.5. The predicted octanol–water partition coefficient (Wildman–Crippen LogP) is 4.79. The number of nitrogens with zero attached hydrogens (tertiary/aromatic N) is 2. The fraction of sp³-hybridized carbons (Fsp3) is 0.567. The van der Waals surface area contributed by atoms with Crippen LogP contribution in [0.3, 0.4) is 0 Å². The number of carbonyl (C=O) groups excluding carboxylic acids is 1. The van der Waals surface area contributed by atoms with Crippen molar-refractivity contribution in [2.75, 3.05) is 26.9 Å². The third kappa shape index (κ3) is 4.28. The second-order valence-electron chi connectivity index (χ2n) is 11.2. The third-order valence-electron chi connectivity index (χ3n) is 9.14. The number of hydrogen-bond donors (Lipinski definition) is 1. The van der Waals surface area contributed by atoms with Gasteiger partial charge in [-0.2, -0.15) is 0 Å². The molecule has 3 aliphatic heterocycles. The van der Waals surface area contributed by atoms with E-state index >= 15 is 0 Å². The summed E-state index contributed by atoms with van der Waals surface area (Å²) >= 11 is 0. The second kappa shape index (κ2) is 9.71. The van der Waals surface area contributed by atoms with Gasteiger partial charge in [-0.15, -0.1) is 0 Å². The predicted molar refractivity (Wildman–Crippen MR) is 139 cm³/mol. The monoisotopic (exact) mass is 490 g/mol. The van der Waals surface area contributed by atoms with Gasteiger partial charge in [0.2, 0.25) is 12.7 Å². The van der Waals surface area contributed by atoms with Crippen LogP contribution in [0.4, 0.5) is 0 Å². The zero-order valence-electron chi connectivity index (χ0n) is 21.5. The highest BCUT2D eigenvalue weighted by Crippen LogP contribution is 2.43. The number of carbonyl (C=O) groups is 1. The lowest BCUT2D eigenvalue weighted by molar-refractivity contribution is -0.142. The van der Waals surface area contributed by atoms with E-state index in [0.29, 0.717) is 0 Å². The summed E-state index contributed by atoms with van der Waals surface area (Å²) < 4.78 is 11.1. The maximum absolute atomic E-state index is 13.5. The average molecular weight is 491 g/mol. The molecule has 0 radical (unpaired) electrons. The Morgan fingerprint density at radius 3 is 2.61 bits per heavy atom. The fourth-order valence-electron chi connectivity index (χ4n) is 7.02. The first-order valence-corrected chi connectivity index (χ1v) is 13.7. The number of ether oxygens (including phenoxy) is 2. The number of rotatable bonds is 4. The lowest BCUT2D eigenvalue weighted by Gasteiger charge is -2.50. The Kier molecular flexibility index (Phi) is 6.42. The Hall–Kier alpha value is -2.57. The summed E-state index contributed by atoms with van der Waals surface area (Å²) in [6.07, 6.45) is 7.00. The van der Waals surface area contributed by atoms with Crippen LogP contribution in [0.2, 0.25) is 0 Å². The van der Waals surface area contributed by atoms with Gasteiger partial charge < -0.3 is 19.5 Å². The van der Waals surface area contributed by atoms with Crippen molar-refractivity contribution in [1.29, 1.82) is 0 Å². The fourth-order valence-corrected chi connectivity index (χ4v) is 7.02. The van der Waals surface area contributed by atoms with Crippen LogP contribution in [0.25, 0.3) is 11.1 Å². The number of aliphatic hydroxyl groups excluding tert-OH is 1. The maximum atomic E-state index is 13.5. The van der Waals surface area contributed by atoms with Gasteiger partial charge in [0.15, 0.2) is 11.5 Å². The average Bonchev–Trinajstić information content (AvgIpc) is 3.39. The molecule has 0 aromatic heterocycles. The van der Waals surface area contributed by atoms with Crippen LogP contribution in [-0.4, -0.2) is 59.9 Å². The molecular weight excluding hydrogens is 452 g/mol. The minimum Gasteiger partial charge on any atom is -0.454 e. The van der Waals surface area contributed by atoms with Crippen molar-refractivity contribution in [3.63, 3.8) is 0 Å². The molecule has 2 fully saturated rings. The van der Waals surface area contributed by atoms with Gasteiger partial charge in [0.1, 0.15) is 0 Å². The summed E-state index contributed by atoms with van der Waals surface area (Å²) in [5.41, 5.74) is 5.06. The minimum absolute atomic E-state index is 0.0424. The van der Waals surface area contributed by atoms with Gasteiger partial charge in [-0.25, -0.2) is 0 Å². The van der Waals surface area contributed by atoms with Crippen LogP contribution in [0.1, 0.15) is 62.6 Å². The summed E-state index contributed by atoms with van der Waals surface area (Å²) in [7, 11) is 1.99. The molecule has 6 nitrogen and oxygen atoms in total. The molecule has 6 heteroatoms. The van der Waals surface area contributed by atoms with E-state index in [2.05, 4.69) is 35.2 Å². The van der Waals surface area contributed by atoms with E-state index in [0.717, 1.165) is 68.7 Å². The zero-order valence-corrected chi connectivity index (χ0v) is 21.5. The van der Waals surface area contributed by atoms with Crippen molar-refractivity contribution in [2.24, 2.45) is 11.8 Å². The lowest BCUT2D eigenvalue weighted by Crippen LogP contribution is -2.57. The molecule has 1 aliphatic carbocycles. The summed E-state index contributed by atoms with van der Waals surface area (Å²) in [5, 5.41) is 10.8. The molecule has 36 heavy (non-hydrogen) atoms. The molecule has 6 rings (SSSR count). The minimum atomic E-state index is -0.445. The second-order valence-corrected chi connectivity index (χ2v) is 11.2. The van der Waals surface area contributed by atoms with Crippen LogP contribution in [0.5, 0.6) is 11.5 Å². The Labute approximate surface area is 214 Å². The quantitative estimate of drug-likeness (QED) is 0.668. The van der Waals surface area contributed by atoms with Gasteiger partial charge in [-0.05, 0) is 73.1 Å². The van der Waals surface area contributed by atoms with Gasteiger partial charge in [-0.1, -0.05) is 37.5 Å². The first-order valence-electron chi connectivity index (χ1n) is 13.7. The Morgan fingerprint density at radius 2 is 1.81 bits per heavy atom. The van der Waals surface area contributed by atoms with Crippen LogP contribution in [-0.2, 0) is 11.2 Å². The molecule has 0 unspecified atom stereocenters. The van der Waals surface area contributed by atoms with E-state index in [1.165, 1.54) is 23.1 Å². The molecule has 1 N–H and O–H groups in total. The SMILES string of the molecule is C[C@H](O)[C@@H]1CN2CCc3ccc(-c4ccc5c(c4)OCO5)cc3[C@@H]2C[C@@H]1N(C)C(=O)C1CCCCC1. The van der Waals surface area contributed by atoms with Gasteiger partial charge in [-0.3, -0.25) is 9.69 Å². The Balaban J connectivity index is 1.29. The smallest absolute Gasteiger partial charge is 0.231 e. The molecule has 1 saturated heterocycles. The van der Waals surface area contributed by atoms with E-state index in [4.69, 9.17) is 9.47 Å². The van der Waals surface area contributed by atoms with Crippen molar-refractivity contribution in [1.82, 2.24) is 9.80 Å². The van der Waals surface area contributed by atoms with Gasteiger partial charge in [0.05, 0.1) is 6.10 Å². The molecule has 0 bridgehead atoms. The molecule has 0 spiro atoms. The van der Waals surface area contributed by atoms with Crippen molar-refractivity contribution < 1.29 is 19.4 Å². The van der Waals surface area contributed by atoms with E-state index < -0.39 is 6.10 Å². The molecule has 2 aromatic rings. The summed E-state index contributed by atoms with van der Waals surface area (Å²) in [6, 6.07) is 13.3. The third-order valence-corrected chi connectivity index (χ3v) is 9.14. The van der Waals surface area contributed by atoms with Crippen LogP contribution >= 0.6 is 0 Å². The van der Waals surface area contributed by atoms with Crippen LogP contribution in [0, 0.1) is 11.8 Å². The molecule has 192 valence electrons. The number of benzene rings is 2. The molecule has 1 saturated carbocycles. The summed E-state index contributed by atoms with van der Waals surface area (Å²) in [4.78, 5) is 18.1. The normalized spacial score (nSPS) is 26.7. The highest BCUT2D eigenvalue weighted by atomic mass is 16.7. The topological polar surface area (TPSA) is 62.2 Å². The highest BCUT2D eigenvalue weighted by molar-refractivity contribution is 5.79. The van der Waals surface area contributed by atoms with Gasteiger partial charge in [0, 0.05) is 44.1 Å².